The van der Waals surface area contributed by atoms with Crippen LogP contribution in [0, 0.1) is 0 Å². The molecule has 28 heavy (non-hydrogen) atoms. The maximum Gasteiger partial charge on any atom is 0.186 e. The first-order valence-electron chi connectivity index (χ1n) is 8.51. The van der Waals surface area contributed by atoms with E-state index in [2.05, 4.69) is 15.9 Å². The van der Waals surface area contributed by atoms with Gasteiger partial charge in [-0.05, 0) is 70.5 Å². The number of methoxy groups -OCH3 is 2. The number of halogens is 1. The second kappa shape index (κ2) is 9.28. The molecule has 0 saturated heterocycles. The van der Waals surface area contributed by atoms with E-state index in [1.54, 1.807) is 37.5 Å². The van der Waals surface area contributed by atoms with Crippen molar-refractivity contribution in [2.75, 3.05) is 14.2 Å². The SMILES string of the molecule is COc1ccc(C(=O)/C=C/c2ccc(COc3ccccc3Br)o2)cc1OC. The smallest absolute Gasteiger partial charge is 0.186 e. The van der Waals surface area contributed by atoms with Crippen LogP contribution in [-0.4, -0.2) is 20.0 Å². The van der Waals surface area contributed by atoms with Gasteiger partial charge in [-0.2, -0.15) is 0 Å². The summed E-state index contributed by atoms with van der Waals surface area (Å²) < 4.78 is 22.7. The Morgan fingerprint density at radius 2 is 1.79 bits per heavy atom. The number of para-hydroxylation sites is 1. The summed E-state index contributed by atoms with van der Waals surface area (Å²) in [6.45, 7) is 0.292. The van der Waals surface area contributed by atoms with Gasteiger partial charge in [-0.3, -0.25) is 4.79 Å². The molecule has 0 spiro atoms. The summed E-state index contributed by atoms with van der Waals surface area (Å²) in [5.74, 6) is 2.88. The van der Waals surface area contributed by atoms with Gasteiger partial charge in [0.15, 0.2) is 17.3 Å². The third-order valence-corrected chi connectivity index (χ3v) is 4.61. The standard InChI is InChI=1S/C22H19BrO5/c1-25-21-12-7-15(13-22(21)26-2)19(24)11-10-16-8-9-17(28-16)14-27-20-6-4-3-5-18(20)23/h3-13H,14H2,1-2H3/b11-10+. The number of allylic oxidation sites excluding steroid dienone is 1. The van der Waals surface area contributed by atoms with Crippen molar-refractivity contribution < 1.29 is 23.4 Å². The average Bonchev–Trinajstić information content (AvgIpc) is 3.18. The lowest BCUT2D eigenvalue weighted by Gasteiger charge is -2.07. The number of hydrogen-bond donors (Lipinski definition) is 0. The van der Waals surface area contributed by atoms with Crippen molar-refractivity contribution in [2.45, 2.75) is 6.61 Å². The van der Waals surface area contributed by atoms with Gasteiger partial charge >= 0.3 is 0 Å². The molecule has 0 unspecified atom stereocenters. The third-order valence-electron chi connectivity index (χ3n) is 3.96. The van der Waals surface area contributed by atoms with Crippen LogP contribution in [0.5, 0.6) is 17.2 Å². The van der Waals surface area contributed by atoms with Gasteiger partial charge in [0.1, 0.15) is 23.9 Å². The lowest BCUT2D eigenvalue weighted by atomic mass is 10.1. The van der Waals surface area contributed by atoms with Crippen molar-refractivity contribution in [3.63, 3.8) is 0 Å². The molecule has 6 heteroatoms. The largest absolute Gasteiger partial charge is 0.493 e. The molecule has 0 atom stereocenters. The fourth-order valence-electron chi connectivity index (χ4n) is 2.52. The predicted molar refractivity (Wildman–Crippen MR) is 110 cm³/mol. The maximum atomic E-state index is 12.4. The van der Waals surface area contributed by atoms with Crippen LogP contribution >= 0.6 is 15.9 Å². The van der Waals surface area contributed by atoms with Gasteiger partial charge in [0, 0.05) is 5.56 Å². The Morgan fingerprint density at radius 3 is 2.54 bits per heavy atom. The van der Waals surface area contributed by atoms with E-state index in [0.29, 0.717) is 35.2 Å². The highest BCUT2D eigenvalue weighted by Gasteiger charge is 2.09. The van der Waals surface area contributed by atoms with E-state index >= 15 is 0 Å². The third kappa shape index (κ3) is 4.84. The molecule has 144 valence electrons. The Labute approximate surface area is 171 Å². The summed E-state index contributed by atoms with van der Waals surface area (Å²) in [7, 11) is 3.08. The molecule has 0 aliphatic heterocycles. The number of carbonyl (C=O) groups is 1. The number of hydrogen-bond acceptors (Lipinski definition) is 5. The highest BCUT2D eigenvalue weighted by atomic mass is 79.9. The minimum Gasteiger partial charge on any atom is -0.493 e. The number of ether oxygens (including phenoxy) is 3. The first-order chi connectivity index (χ1) is 13.6. The lowest BCUT2D eigenvalue weighted by Crippen LogP contribution is -1.97. The van der Waals surface area contributed by atoms with Crippen LogP contribution in [0.2, 0.25) is 0 Å². The summed E-state index contributed by atoms with van der Waals surface area (Å²) >= 11 is 3.44. The fraction of sp³-hybridized carbons (Fsp3) is 0.136. The summed E-state index contributed by atoms with van der Waals surface area (Å²) in [5, 5.41) is 0. The fourth-order valence-corrected chi connectivity index (χ4v) is 2.92. The van der Waals surface area contributed by atoms with Crippen molar-refractivity contribution in [3.8, 4) is 17.2 Å². The van der Waals surface area contributed by atoms with Gasteiger partial charge < -0.3 is 18.6 Å². The lowest BCUT2D eigenvalue weighted by molar-refractivity contribution is 0.104. The number of rotatable bonds is 8. The predicted octanol–water partition coefficient (Wildman–Crippen LogP) is 5.53. The van der Waals surface area contributed by atoms with E-state index in [-0.39, 0.29) is 5.78 Å². The number of carbonyl (C=O) groups excluding carboxylic acids is 1. The Hall–Kier alpha value is -2.99. The number of ketones is 1. The van der Waals surface area contributed by atoms with Crippen molar-refractivity contribution in [1.82, 2.24) is 0 Å². The molecule has 1 aromatic heterocycles. The normalized spacial score (nSPS) is 10.8. The second-order valence-corrected chi connectivity index (χ2v) is 6.64. The van der Waals surface area contributed by atoms with Gasteiger partial charge in [-0.25, -0.2) is 0 Å². The molecule has 5 nitrogen and oxygen atoms in total. The molecule has 0 fully saturated rings. The zero-order chi connectivity index (χ0) is 19.9. The maximum absolute atomic E-state index is 12.4. The van der Waals surface area contributed by atoms with Crippen LogP contribution in [0.15, 0.2) is 69.6 Å². The Bertz CT molecular complexity index is 990. The first kappa shape index (κ1) is 19.8. The van der Waals surface area contributed by atoms with Crippen LogP contribution in [0.4, 0.5) is 0 Å². The molecule has 0 amide bonds. The molecule has 0 saturated carbocycles. The van der Waals surface area contributed by atoms with Gasteiger partial charge in [0.25, 0.3) is 0 Å². The molecule has 0 aliphatic carbocycles. The summed E-state index contributed by atoms with van der Waals surface area (Å²) in [5.41, 5.74) is 0.498. The molecule has 0 bridgehead atoms. The minimum absolute atomic E-state index is 0.164. The highest BCUT2D eigenvalue weighted by Crippen LogP contribution is 2.28. The van der Waals surface area contributed by atoms with E-state index in [9.17, 15) is 4.79 Å². The van der Waals surface area contributed by atoms with Crippen molar-refractivity contribution in [1.29, 1.82) is 0 Å². The van der Waals surface area contributed by atoms with Crippen LogP contribution in [0.3, 0.4) is 0 Å². The summed E-state index contributed by atoms with van der Waals surface area (Å²) in [6, 6.07) is 16.2. The highest BCUT2D eigenvalue weighted by molar-refractivity contribution is 9.10. The summed E-state index contributed by atoms with van der Waals surface area (Å²) in [4.78, 5) is 12.4. The van der Waals surface area contributed by atoms with Crippen LogP contribution in [0.1, 0.15) is 21.9 Å². The zero-order valence-corrected chi connectivity index (χ0v) is 17.1. The topological polar surface area (TPSA) is 57.9 Å². The Morgan fingerprint density at radius 1 is 1.00 bits per heavy atom. The van der Waals surface area contributed by atoms with Crippen LogP contribution < -0.4 is 14.2 Å². The average molecular weight is 443 g/mol. The van der Waals surface area contributed by atoms with E-state index in [4.69, 9.17) is 18.6 Å². The zero-order valence-electron chi connectivity index (χ0n) is 15.5. The molecule has 2 aromatic carbocycles. The van der Waals surface area contributed by atoms with E-state index in [1.165, 1.54) is 13.2 Å². The van der Waals surface area contributed by atoms with Gasteiger partial charge in [0.05, 0.1) is 18.7 Å². The molecular weight excluding hydrogens is 424 g/mol. The van der Waals surface area contributed by atoms with Crippen molar-refractivity contribution in [3.05, 3.63) is 82.2 Å². The van der Waals surface area contributed by atoms with Gasteiger partial charge in [0.2, 0.25) is 0 Å². The molecule has 0 radical (unpaired) electrons. The number of benzene rings is 2. The van der Waals surface area contributed by atoms with E-state index in [1.807, 2.05) is 30.3 Å². The Kier molecular flexibility index (Phi) is 6.55. The Balaban J connectivity index is 1.63. The van der Waals surface area contributed by atoms with Crippen LogP contribution in [0.25, 0.3) is 6.08 Å². The quantitative estimate of drug-likeness (QED) is 0.338. The summed E-state index contributed by atoms with van der Waals surface area (Å²) in [6.07, 6.45) is 3.08. The van der Waals surface area contributed by atoms with Crippen molar-refractivity contribution in [2.24, 2.45) is 0 Å². The van der Waals surface area contributed by atoms with Gasteiger partial charge in [-0.1, -0.05) is 12.1 Å². The molecular formula is C22H19BrO5. The minimum atomic E-state index is -0.164. The first-order valence-corrected chi connectivity index (χ1v) is 9.30. The number of furan rings is 1. The molecule has 0 N–H and O–H groups in total. The second-order valence-electron chi connectivity index (χ2n) is 5.79. The van der Waals surface area contributed by atoms with Gasteiger partial charge in [-0.15, -0.1) is 0 Å². The molecule has 1 heterocycles. The van der Waals surface area contributed by atoms with E-state index in [0.717, 1.165) is 10.2 Å². The van der Waals surface area contributed by atoms with E-state index < -0.39 is 0 Å². The van der Waals surface area contributed by atoms with Crippen LogP contribution in [-0.2, 0) is 6.61 Å². The van der Waals surface area contributed by atoms with Crippen molar-refractivity contribution >= 4 is 27.8 Å². The monoisotopic (exact) mass is 442 g/mol. The molecule has 3 rings (SSSR count). The molecule has 3 aromatic rings. The molecule has 0 aliphatic rings.